The molecule has 11 heteroatoms. The Hall–Kier alpha value is -0.870. The van der Waals surface area contributed by atoms with Crippen LogP contribution in [0.4, 0.5) is 0 Å². The summed E-state index contributed by atoms with van der Waals surface area (Å²) in [5, 5.41) is -0.420. The first-order valence-electron chi connectivity index (χ1n) is 9.37. The van der Waals surface area contributed by atoms with Crippen LogP contribution in [0, 0.1) is 5.92 Å². The number of sulfone groups is 1. The van der Waals surface area contributed by atoms with Crippen LogP contribution < -0.4 is 4.72 Å². The van der Waals surface area contributed by atoms with E-state index in [1.54, 1.807) is 4.90 Å². The minimum atomic E-state index is -3.95. The first kappa shape index (κ1) is 24.4. The SMILES string of the molecule is CC(C)CS(=O)(=O)C1CCN(C(=O)CCNS(=O)(=O)c2c(Cl)cccc2Cl)CC1. The van der Waals surface area contributed by atoms with E-state index in [9.17, 15) is 21.6 Å². The van der Waals surface area contributed by atoms with Gasteiger partial charge in [-0.2, -0.15) is 0 Å². The minimum absolute atomic E-state index is 0.000931. The number of hydrogen-bond acceptors (Lipinski definition) is 5. The van der Waals surface area contributed by atoms with Crippen molar-refractivity contribution in [2.45, 2.75) is 43.3 Å². The first-order valence-corrected chi connectivity index (χ1v) is 13.3. The summed E-state index contributed by atoms with van der Waals surface area (Å²) in [6.45, 7) is 4.34. The average Bonchev–Trinajstić information content (AvgIpc) is 2.60. The second-order valence-corrected chi connectivity index (χ2v) is 12.3. The molecule has 1 heterocycles. The summed E-state index contributed by atoms with van der Waals surface area (Å²) in [5.74, 6) is -0.00479. The van der Waals surface area contributed by atoms with Crippen molar-refractivity contribution in [2.24, 2.45) is 5.92 Å². The van der Waals surface area contributed by atoms with Crippen LogP contribution >= 0.6 is 23.2 Å². The molecule has 1 aliphatic heterocycles. The molecule has 1 saturated heterocycles. The summed E-state index contributed by atoms with van der Waals surface area (Å²) in [6, 6.07) is 4.38. The first-order chi connectivity index (χ1) is 13.4. The zero-order valence-corrected chi connectivity index (χ0v) is 19.5. The largest absolute Gasteiger partial charge is 0.343 e. The molecule has 0 unspecified atom stereocenters. The van der Waals surface area contributed by atoms with Crippen LogP contribution in [0.1, 0.15) is 33.1 Å². The van der Waals surface area contributed by atoms with E-state index in [-0.39, 0.29) is 45.5 Å². The molecule has 0 bridgehead atoms. The Kier molecular flexibility index (Phi) is 8.38. The molecule has 164 valence electrons. The number of nitrogens with one attached hydrogen (secondary N) is 1. The summed E-state index contributed by atoms with van der Waals surface area (Å²) in [7, 11) is -7.11. The van der Waals surface area contributed by atoms with Crippen molar-refractivity contribution in [3.8, 4) is 0 Å². The zero-order valence-electron chi connectivity index (χ0n) is 16.4. The highest BCUT2D eigenvalue weighted by Gasteiger charge is 2.32. The van der Waals surface area contributed by atoms with Gasteiger partial charge in [-0.15, -0.1) is 0 Å². The van der Waals surface area contributed by atoms with E-state index < -0.39 is 25.1 Å². The molecule has 2 rings (SSSR count). The van der Waals surface area contributed by atoms with Crippen LogP contribution in [0.3, 0.4) is 0 Å². The summed E-state index contributed by atoms with van der Waals surface area (Å²) >= 11 is 11.9. The van der Waals surface area contributed by atoms with E-state index in [4.69, 9.17) is 23.2 Å². The van der Waals surface area contributed by atoms with E-state index in [2.05, 4.69) is 4.72 Å². The highest BCUT2D eigenvalue weighted by Crippen LogP contribution is 2.28. The second-order valence-electron chi connectivity index (χ2n) is 7.50. The molecular weight excluding hydrogens is 459 g/mol. The lowest BCUT2D eigenvalue weighted by atomic mass is 10.1. The fourth-order valence-electron chi connectivity index (χ4n) is 3.33. The number of halogens is 2. The van der Waals surface area contributed by atoms with Gasteiger partial charge in [0.2, 0.25) is 15.9 Å². The van der Waals surface area contributed by atoms with Gasteiger partial charge in [-0.25, -0.2) is 21.6 Å². The van der Waals surface area contributed by atoms with Crippen LogP contribution in [-0.4, -0.2) is 58.3 Å². The third-order valence-electron chi connectivity index (χ3n) is 4.69. The number of carbonyl (C=O) groups excluding carboxylic acids is 1. The molecule has 0 aliphatic carbocycles. The van der Waals surface area contributed by atoms with Gasteiger partial charge in [0.25, 0.3) is 0 Å². The molecule has 0 radical (unpaired) electrons. The minimum Gasteiger partial charge on any atom is -0.343 e. The molecule has 7 nitrogen and oxygen atoms in total. The van der Waals surface area contributed by atoms with Crippen molar-refractivity contribution >= 4 is 49.0 Å². The summed E-state index contributed by atoms with van der Waals surface area (Å²) in [6.07, 6.45) is 0.772. The number of rotatable bonds is 8. The van der Waals surface area contributed by atoms with Crippen molar-refractivity contribution in [2.75, 3.05) is 25.4 Å². The maximum absolute atomic E-state index is 12.4. The Morgan fingerprint density at radius 3 is 2.21 bits per heavy atom. The van der Waals surface area contributed by atoms with Crippen molar-refractivity contribution in [1.29, 1.82) is 0 Å². The number of hydrogen-bond donors (Lipinski definition) is 1. The van der Waals surface area contributed by atoms with Gasteiger partial charge in [-0.1, -0.05) is 43.1 Å². The Labute approximate surface area is 182 Å². The molecule has 1 fully saturated rings. The van der Waals surface area contributed by atoms with E-state index in [0.29, 0.717) is 25.9 Å². The lowest BCUT2D eigenvalue weighted by molar-refractivity contribution is -0.131. The van der Waals surface area contributed by atoms with Gasteiger partial charge < -0.3 is 4.90 Å². The molecule has 0 atom stereocenters. The van der Waals surface area contributed by atoms with Gasteiger partial charge in [-0.3, -0.25) is 4.79 Å². The van der Waals surface area contributed by atoms with E-state index >= 15 is 0 Å². The van der Waals surface area contributed by atoms with Crippen molar-refractivity contribution in [1.82, 2.24) is 9.62 Å². The van der Waals surface area contributed by atoms with E-state index in [1.807, 2.05) is 13.8 Å². The standard InChI is InChI=1S/C18H26Cl2N2O5S2/c1-13(2)12-28(24,25)14-7-10-22(11-8-14)17(23)6-9-21-29(26,27)18-15(19)4-3-5-16(18)20/h3-5,13-14,21H,6-12H2,1-2H3. The summed E-state index contributed by atoms with van der Waals surface area (Å²) in [5.41, 5.74) is 0. The monoisotopic (exact) mass is 484 g/mol. The van der Waals surface area contributed by atoms with Crippen molar-refractivity contribution < 1.29 is 21.6 Å². The number of likely N-dealkylation sites (tertiary alicyclic amines) is 1. The molecule has 1 aromatic rings. The molecule has 1 aromatic carbocycles. The van der Waals surface area contributed by atoms with E-state index in [0.717, 1.165) is 0 Å². The molecule has 0 aromatic heterocycles. The van der Waals surface area contributed by atoms with E-state index in [1.165, 1.54) is 18.2 Å². The number of benzene rings is 1. The molecule has 1 N–H and O–H groups in total. The number of amides is 1. The number of carbonyl (C=O) groups is 1. The summed E-state index contributed by atoms with van der Waals surface area (Å²) in [4.78, 5) is 13.7. The van der Waals surface area contributed by atoms with Gasteiger partial charge in [0.05, 0.1) is 21.0 Å². The third kappa shape index (κ3) is 6.55. The lowest BCUT2D eigenvalue weighted by Crippen LogP contribution is -2.44. The number of nitrogens with zero attached hydrogens (tertiary/aromatic N) is 1. The molecule has 0 spiro atoms. The highest BCUT2D eigenvalue weighted by molar-refractivity contribution is 7.92. The Balaban J connectivity index is 1.87. The van der Waals surface area contributed by atoms with Crippen molar-refractivity contribution in [3.63, 3.8) is 0 Å². The zero-order chi connectivity index (χ0) is 21.8. The number of piperidine rings is 1. The van der Waals surface area contributed by atoms with Gasteiger partial charge >= 0.3 is 0 Å². The lowest BCUT2D eigenvalue weighted by Gasteiger charge is -2.32. The fourth-order valence-corrected chi connectivity index (χ4v) is 7.63. The second kappa shape index (κ2) is 9.96. The molecule has 1 amide bonds. The predicted octanol–water partition coefficient (Wildman–Crippen LogP) is 2.72. The smallest absolute Gasteiger partial charge is 0.243 e. The molecule has 0 saturated carbocycles. The predicted molar refractivity (Wildman–Crippen MR) is 114 cm³/mol. The average molecular weight is 485 g/mol. The van der Waals surface area contributed by atoms with Crippen LogP contribution in [0.2, 0.25) is 10.0 Å². The summed E-state index contributed by atoms with van der Waals surface area (Å²) < 4.78 is 51.8. The van der Waals surface area contributed by atoms with Crippen LogP contribution in [0.5, 0.6) is 0 Å². The Bertz CT molecular complexity index is 921. The molecule has 29 heavy (non-hydrogen) atoms. The maximum Gasteiger partial charge on any atom is 0.243 e. The van der Waals surface area contributed by atoms with Gasteiger partial charge in [0, 0.05) is 26.1 Å². The Morgan fingerprint density at radius 1 is 1.14 bits per heavy atom. The fraction of sp³-hybridized carbons (Fsp3) is 0.611. The van der Waals surface area contributed by atoms with Crippen LogP contribution in [0.25, 0.3) is 0 Å². The maximum atomic E-state index is 12.4. The van der Waals surface area contributed by atoms with Crippen LogP contribution in [0.15, 0.2) is 23.1 Å². The molecular formula is C18H26Cl2N2O5S2. The normalized spacial score (nSPS) is 16.4. The number of sulfonamides is 1. The van der Waals surface area contributed by atoms with Crippen molar-refractivity contribution in [3.05, 3.63) is 28.2 Å². The molecule has 1 aliphatic rings. The highest BCUT2D eigenvalue weighted by atomic mass is 35.5. The van der Waals surface area contributed by atoms with Gasteiger partial charge in [0.15, 0.2) is 9.84 Å². The Morgan fingerprint density at radius 2 is 1.69 bits per heavy atom. The van der Waals surface area contributed by atoms with Crippen LogP contribution in [-0.2, 0) is 24.7 Å². The van der Waals surface area contributed by atoms with Gasteiger partial charge in [-0.05, 0) is 30.9 Å². The quantitative estimate of drug-likeness (QED) is 0.610. The topological polar surface area (TPSA) is 101 Å². The van der Waals surface area contributed by atoms with Gasteiger partial charge in [0.1, 0.15) is 4.90 Å². The third-order valence-corrected chi connectivity index (χ3v) is 9.72.